The number of aromatic amines is 2. The van der Waals surface area contributed by atoms with Crippen LogP contribution in [0, 0.1) is 5.41 Å². The molecule has 9 heteroatoms. The SMILES string of the molecule is CN(C)c1ccc2c(-c3cn(Cc4ccc5cc(CNCC67CC(F)(C6)C7)[nH]c5c4)nn3)n[nH]c2c1. The van der Waals surface area contributed by atoms with Gasteiger partial charge in [0.25, 0.3) is 0 Å². The average Bonchev–Trinajstić information content (AvgIpc) is 3.54. The Balaban J connectivity index is 1.04. The van der Waals surface area contributed by atoms with Gasteiger partial charge in [-0.25, -0.2) is 9.07 Å². The van der Waals surface area contributed by atoms with E-state index in [1.807, 2.05) is 25.0 Å². The Kier molecular flexibility index (Phi) is 4.57. The summed E-state index contributed by atoms with van der Waals surface area (Å²) in [5.74, 6) is 0. The van der Waals surface area contributed by atoms with Gasteiger partial charge in [-0.1, -0.05) is 17.3 Å². The van der Waals surface area contributed by atoms with E-state index >= 15 is 0 Å². The molecule has 2 bridgehead atoms. The van der Waals surface area contributed by atoms with Crippen molar-refractivity contribution in [3.8, 4) is 11.4 Å². The summed E-state index contributed by atoms with van der Waals surface area (Å²) in [6.45, 7) is 2.29. The molecule has 0 amide bonds. The van der Waals surface area contributed by atoms with Gasteiger partial charge in [0.1, 0.15) is 17.1 Å². The first-order valence-electron chi connectivity index (χ1n) is 12.4. The smallest absolute Gasteiger partial charge is 0.133 e. The highest BCUT2D eigenvalue weighted by atomic mass is 19.1. The molecule has 0 aliphatic heterocycles. The van der Waals surface area contributed by atoms with Crippen LogP contribution in [0.1, 0.15) is 30.5 Å². The molecule has 3 heterocycles. The highest BCUT2D eigenvalue weighted by Gasteiger charge is 2.68. The fourth-order valence-corrected chi connectivity index (χ4v) is 6.09. The maximum atomic E-state index is 13.7. The quantitative estimate of drug-likeness (QED) is 0.304. The molecular formula is C27H29FN8. The fraction of sp³-hybridized carbons (Fsp3) is 0.370. The van der Waals surface area contributed by atoms with Crippen LogP contribution in [0.4, 0.5) is 10.1 Å². The number of alkyl halides is 1. The van der Waals surface area contributed by atoms with Crippen molar-refractivity contribution in [1.82, 2.24) is 35.5 Å². The van der Waals surface area contributed by atoms with Gasteiger partial charge in [0.15, 0.2) is 0 Å². The van der Waals surface area contributed by atoms with E-state index in [9.17, 15) is 4.39 Å². The molecule has 3 fully saturated rings. The molecule has 5 aromatic rings. The molecule has 36 heavy (non-hydrogen) atoms. The molecule has 0 saturated heterocycles. The van der Waals surface area contributed by atoms with Gasteiger partial charge in [-0.2, -0.15) is 5.10 Å². The zero-order chi connectivity index (χ0) is 24.5. The van der Waals surface area contributed by atoms with Crippen molar-refractivity contribution in [2.24, 2.45) is 5.41 Å². The van der Waals surface area contributed by atoms with Crippen LogP contribution in [-0.4, -0.2) is 56.5 Å². The van der Waals surface area contributed by atoms with Crippen molar-refractivity contribution in [3.05, 3.63) is 59.9 Å². The van der Waals surface area contributed by atoms with E-state index in [-0.39, 0.29) is 5.41 Å². The van der Waals surface area contributed by atoms with Crippen molar-refractivity contribution < 1.29 is 4.39 Å². The Labute approximate surface area is 207 Å². The van der Waals surface area contributed by atoms with Crippen LogP contribution in [0.5, 0.6) is 0 Å². The second kappa shape index (κ2) is 7.64. The predicted octanol–water partition coefficient (Wildman–Crippen LogP) is 4.40. The second-order valence-electron chi connectivity index (χ2n) is 11.0. The Hall–Kier alpha value is -3.72. The van der Waals surface area contributed by atoms with Crippen LogP contribution in [0.15, 0.2) is 48.7 Å². The molecule has 0 unspecified atom stereocenters. The molecule has 0 atom stereocenters. The van der Waals surface area contributed by atoms with Crippen molar-refractivity contribution >= 4 is 27.5 Å². The summed E-state index contributed by atoms with van der Waals surface area (Å²) in [5, 5.41) is 22.1. The molecule has 184 valence electrons. The third-order valence-corrected chi connectivity index (χ3v) is 7.82. The number of rotatable bonds is 8. The molecule has 3 saturated carbocycles. The van der Waals surface area contributed by atoms with Crippen molar-refractivity contribution in [3.63, 3.8) is 0 Å². The monoisotopic (exact) mass is 484 g/mol. The number of anilines is 1. The standard InChI is InChI=1S/C27H29FN8/c1-35(2)20-5-6-21-23(9-20)31-33-25(21)24-12-36(34-32-24)11-17-3-4-18-8-19(30-22(18)7-17)10-29-16-26-13-27(28,14-26)15-26/h3-9,12,29-30H,10-11,13-16H2,1-2H3,(H,31,33). The summed E-state index contributed by atoms with van der Waals surface area (Å²) >= 11 is 0. The minimum atomic E-state index is -0.827. The van der Waals surface area contributed by atoms with Gasteiger partial charge in [0, 0.05) is 49.5 Å². The minimum absolute atomic E-state index is 0.224. The maximum absolute atomic E-state index is 13.7. The molecule has 3 N–H and O–H groups in total. The average molecular weight is 485 g/mol. The van der Waals surface area contributed by atoms with Crippen LogP contribution in [0.25, 0.3) is 33.2 Å². The largest absolute Gasteiger partial charge is 0.378 e. The Morgan fingerprint density at radius 2 is 1.94 bits per heavy atom. The van der Waals surface area contributed by atoms with E-state index < -0.39 is 5.67 Å². The first-order valence-corrected chi connectivity index (χ1v) is 12.4. The number of aromatic nitrogens is 6. The summed E-state index contributed by atoms with van der Waals surface area (Å²) in [6, 6.07) is 14.9. The lowest BCUT2D eigenvalue weighted by Crippen LogP contribution is -2.67. The maximum Gasteiger partial charge on any atom is 0.133 e. The Morgan fingerprint density at radius 3 is 2.75 bits per heavy atom. The summed E-state index contributed by atoms with van der Waals surface area (Å²) in [6.07, 6.45) is 4.15. The van der Waals surface area contributed by atoms with Gasteiger partial charge >= 0.3 is 0 Å². The number of hydrogen-bond donors (Lipinski definition) is 3. The molecular weight excluding hydrogens is 455 g/mol. The van der Waals surface area contributed by atoms with Crippen LogP contribution in [0.2, 0.25) is 0 Å². The number of nitrogens with one attached hydrogen (secondary N) is 3. The molecule has 8 nitrogen and oxygen atoms in total. The minimum Gasteiger partial charge on any atom is -0.378 e. The summed E-state index contributed by atoms with van der Waals surface area (Å²) in [7, 11) is 4.04. The first-order chi connectivity index (χ1) is 17.4. The van der Waals surface area contributed by atoms with E-state index in [4.69, 9.17) is 0 Å². The Morgan fingerprint density at radius 1 is 1.08 bits per heavy atom. The zero-order valence-electron chi connectivity index (χ0n) is 20.5. The lowest BCUT2D eigenvalue weighted by molar-refractivity contribution is -0.209. The summed E-state index contributed by atoms with van der Waals surface area (Å²) < 4.78 is 15.6. The number of nitrogens with zero attached hydrogens (tertiary/aromatic N) is 5. The van der Waals surface area contributed by atoms with E-state index in [1.165, 1.54) is 5.39 Å². The zero-order valence-corrected chi connectivity index (χ0v) is 20.5. The van der Waals surface area contributed by atoms with E-state index in [0.29, 0.717) is 6.54 Å². The first kappa shape index (κ1) is 21.6. The van der Waals surface area contributed by atoms with E-state index in [2.05, 4.69) is 78.2 Å². The molecule has 0 spiro atoms. The number of halogens is 1. The summed E-state index contributed by atoms with van der Waals surface area (Å²) in [5.41, 5.74) is 6.43. The van der Waals surface area contributed by atoms with Gasteiger partial charge in [0.05, 0.1) is 18.3 Å². The van der Waals surface area contributed by atoms with Crippen LogP contribution in [0.3, 0.4) is 0 Å². The molecule has 8 rings (SSSR count). The van der Waals surface area contributed by atoms with Crippen molar-refractivity contribution in [2.45, 2.75) is 38.0 Å². The van der Waals surface area contributed by atoms with Crippen molar-refractivity contribution in [2.75, 3.05) is 25.5 Å². The highest BCUT2D eigenvalue weighted by Crippen LogP contribution is 2.69. The second-order valence-corrected chi connectivity index (χ2v) is 11.0. The van der Waals surface area contributed by atoms with Gasteiger partial charge < -0.3 is 15.2 Å². The van der Waals surface area contributed by atoms with Crippen molar-refractivity contribution in [1.29, 1.82) is 0 Å². The lowest BCUT2D eigenvalue weighted by Gasteiger charge is -2.66. The fourth-order valence-electron chi connectivity index (χ4n) is 6.09. The van der Waals surface area contributed by atoms with E-state index in [1.54, 1.807) is 0 Å². The van der Waals surface area contributed by atoms with Gasteiger partial charge in [-0.15, -0.1) is 5.10 Å². The van der Waals surface area contributed by atoms with Gasteiger partial charge in [0.2, 0.25) is 0 Å². The number of hydrogen-bond acceptors (Lipinski definition) is 5. The van der Waals surface area contributed by atoms with E-state index in [0.717, 1.165) is 77.1 Å². The highest BCUT2D eigenvalue weighted by molar-refractivity contribution is 5.93. The Bertz CT molecular complexity index is 1570. The topological polar surface area (TPSA) is 90.4 Å². The molecule has 2 aromatic carbocycles. The number of fused-ring (bicyclic) bond motifs is 2. The van der Waals surface area contributed by atoms with Crippen LogP contribution < -0.4 is 10.2 Å². The van der Waals surface area contributed by atoms with Gasteiger partial charge in [-0.05, 0) is 66.0 Å². The van der Waals surface area contributed by atoms with Crippen LogP contribution >= 0.6 is 0 Å². The molecule has 0 radical (unpaired) electrons. The summed E-state index contributed by atoms with van der Waals surface area (Å²) in [4.78, 5) is 5.59. The third kappa shape index (κ3) is 3.57. The molecule has 3 aliphatic carbocycles. The molecule has 3 aromatic heterocycles. The molecule has 3 aliphatic rings. The predicted molar refractivity (Wildman–Crippen MR) is 139 cm³/mol. The lowest BCUT2D eigenvalue weighted by atomic mass is 9.42. The third-order valence-electron chi connectivity index (χ3n) is 7.82. The number of H-pyrrole nitrogens is 2. The number of benzene rings is 2. The van der Waals surface area contributed by atoms with Crippen LogP contribution in [-0.2, 0) is 13.1 Å². The normalized spacial score (nSPS) is 22.6. The van der Waals surface area contributed by atoms with Gasteiger partial charge in [-0.3, -0.25) is 5.10 Å².